The fourth-order valence-electron chi connectivity index (χ4n) is 9.74. The maximum Gasteiger partial charge on any atom is 0.0541 e. The molecule has 2 heteroatoms. The molecule has 0 saturated carbocycles. The summed E-state index contributed by atoms with van der Waals surface area (Å²) in [5.41, 5.74) is 21.2. The van der Waals surface area contributed by atoms with Gasteiger partial charge in [-0.05, 0) is 146 Å². The lowest BCUT2D eigenvalue weighted by Gasteiger charge is -2.26. The lowest BCUT2D eigenvalue weighted by molar-refractivity contribution is 1.18. The molecular weight excluding hydrogens is 821 g/mol. The van der Waals surface area contributed by atoms with Gasteiger partial charge in [0.25, 0.3) is 0 Å². The van der Waals surface area contributed by atoms with Gasteiger partial charge in [-0.25, -0.2) is 0 Å². The van der Waals surface area contributed by atoms with E-state index in [9.17, 15) is 0 Å². The number of rotatable bonds is 10. The van der Waals surface area contributed by atoms with Gasteiger partial charge in [-0.3, -0.25) is 0 Å². The fraction of sp³-hybridized carbons (Fsp3) is 0. The third-order valence-electron chi connectivity index (χ3n) is 13.2. The Morgan fingerprint density at radius 1 is 0.206 bits per heavy atom. The minimum atomic E-state index is 1.09. The standard InChI is InChI=1S/C66H46N2/c1-4-14-47(15-5-1)54-18-12-20-56(44-54)52-32-39-61(40-33-52)67(62-41-34-53(35-42-62)57-21-13-19-55(45-57)48-16-6-2-7-17-48)60-37-30-50(31-38-60)49-26-28-51(29-27-49)58-36-43-66-64(46-58)63-24-10-11-25-65(63)68(66)59-22-8-3-9-23-59/h1-46H. The van der Waals surface area contributed by atoms with Crippen LogP contribution in [0.25, 0.3) is 94.3 Å². The first kappa shape index (κ1) is 40.5. The van der Waals surface area contributed by atoms with Gasteiger partial charge in [0.05, 0.1) is 11.0 Å². The van der Waals surface area contributed by atoms with Gasteiger partial charge >= 0.3 is 0 Å². The zero-order valence-electron chi connectivity index (χ0n) is 37.5. The van der Waals surface area contributed by atoms with Crippen LogP contribution in [-0.4, -0.2) is 4.57 Å². The molecule has 0 spiro atoms. The number of hydrogen-bond acceptors (Lipinski definition) is 1. The Morgan fingerprint density at radius 3 is 0.971 bits per heavy atom. The number of para-hydroxylation sites is 2. The molecule has 0 bridgehead atoms. The number of aromatic nitrogens is 1. The summed E-state index contributed by atoms with van der Waals surface area (Å²) in [6, 6.07) is 101. The zero-order valence-corrected chi connectivity index (χ0v) is 37.5. The van der Waals surface area contributed by atoms with E-state index in [2.05, 4.69) is 289 Å². The third-order valence-corrected chi connectivity index (χ3v) is 13.2. The minimum absolute atomic E-state index is 1.09. The minimum Gasteiger partial charge on any atom is -0.311 e. The summed E-state index contributed by atoms with van der Waals surface area (Å²) < 4.78 is 2.37. The van der Waals surface area contributed by atoms with E-state index in [1.165, 1.54) is 94.3 Å². The molecule has 0 aliphatic carbocycles. The van der Waals surface area contributed by atoms with Crippen LogP contribution in [0, 0.1) is 0 Å². The predicted molar refractivity (Wildman–Crippen MR) is 288 cm³/mol. The average molecular weight is 867 g/mol. The van der Waals surface area contributed by atoms with Crippen molar-refractivity contribution in [1.82, 2.24) is 4.57 Å². The molecule has 0 amide bonds. The van der Waals surface area contributed by atoms with Crippen molar-refractivity contribution in [2.24, 2.45) is 0 Å². The molecule has 0 aliphatic rings. The molecule has 12 rings (SSSR count). The van der Waals surface area contributed by atoms with Gasteiger partial charge < -0.3 is 9.47 Å². The summed E-state index contributed by atoms with van der Waals surface area (Å²) in [6.45, 7) is 0. The summed E-state index contributed by atoms with van der Waals surface area (Å²) in [5.74, 6) is 0. The van der Waals surface area contributed by atoms with Crippen molar-refractivity contribution in [3.8, 4) is 72.4 Å². The van der Waals surface area contributed by atoms with E-state index in [-0.39, 0.29) is 0 Å². The molecule has 12 aromatic rings. The molecule has 1 heterocycles. The summed E-state index contributed by atoms with van der Waals surface area (Å²) in [7, 11) is 0. The first-order chi connectivity index (χ1) is 33.7. The van der Waals surface area contributed by atoms with Crippen molar-refractivity contribution in [2.75, 3.05) is 4.90 Å². The Balaban J connectivity index is 0.856. The van der Waals surface area contributed by atoms with Crippen LogP contribution < -0.4 is 4.90 Å². The van der Waals surface area contributed by atoms with Gasteiger partial charge in [-0.2, -0.15) is 0 Å². The van der Waals surface area contributed by atoms with Crippen molar-refractivity contribution >= 4 is 38.9 Å². The highest BCUT2D eigenvalue weighted by molar-refractivity contribution is 6.10. The smallest absolute Gasteiger partial charge is 0.0541 e. The molecule has 2 nitrogen and oxygen atoms in total. The second-order valence-electron chi connectivity index (χ2n) is 17.4. The molecule has 0 saturated heterocycles. The topological polar surface area (TPSA) is 8.17 Å². The van der Waals surface area contributed by atoms with Crippen molar-refractivity contribution < 1.29 is 0 Å². The summed E-state index contributed by atoms with van der Waals surface area (Å²) in [4.78, 5) is 2.35. The molecule has 11 aromatic carbocycles. The summed E-state index contributed by atoms with van der Waals surface area (Å²) in [6.07, 6.45) is 0. The van der Waals surface area contributed by atoms with Crippen molar-refractivity contribution in [1.29, 1.82) is 0 Å². The molecule has 0 aliphatic heterocycles. The second kappa shape index (κ2) is 17.8. The fourth-order valence-corrected chi connectivity index (χ4v) is 9.74. The van der Waals surface area contributed by atoms with Crippen LogP contribution in [-0.2, 0) is 0 Å². The molecule has 0 atom stereocenters. The predicted octanol–water partition coefficient (Wildman–Crippen LogP) is 18.3. The van der Waals surface area contributed by atoms with Crippen molar-refractivity contribution in [3.05, 3.63) is 279 Å². The van der Waals surface area contributed by atoms with E-state index in [1.54, 1.807) is 0 Å². The molecule has 0 radical (unpaired) electrons. The van der Waals surface area contributed by atoms with Crippen LogP contribution in [0.1, 0.15) is 0 Å². The van der Waals surface area contributed by atoms with E-state index in [1.807, 2.05) is 0 Å². The van der Waals surface area contributed by atoms with E-state index in [4.69, 9.17) is 0 Å². The maximum absolute atomic E-state index is 2.37. The van der Waals surface area contributed by atoms with Crippen LogP contribution in [0.15, 0.2) is 279 Å². The van der Waals surface area contributed by atoms with E-state index in [0.717, 1.165) is 17.1 Å². The Morgan fingerprint density at radius 2 is 0.515 bits per heavy atom. The van der Waals surface area contributed by atoms with Gasteiger partial charge in [0.1, 0.15) is 0 Å². The highest BCUT2D eigenvalue weighted by atomic mass is 15.1. The highest BCUT2D eigenvalue weighted by Crippen LogP contribution is 2.40. The molecule has 0 N–H and O–H groups in total. The Kier molecular flexibility index (Phi) is 10.6. The molecule has 1 aromatic heterocycles. The Bertz CT molecular complexity index is 3540. The average Bonchev–Trinajstić information content (AvgIpc) is 3.76. The van der Waals surface area contributed by atoms with E-state index < -0.39 is 0 Å². The Hall–Kier alpha value is -8.98. The van der Waals surface area contributed by atoms with Gasteiger partial charge in [0.2, 0.25) is 0 Å². The lowest BCUT2D eigenvalue weighted by Crippen LogP contribution is -2.09. The van der Waals surface area contributed by atoms with Crippen LogP contribution in [0.5, 0.6) is 0 Å². The van der Waals surface area contributed by atoms with Crippen LogP contribution in [0.4, 0.5) is 17.1 Å². The highest BCUT2D eigenvalue weighted by Gasteiger charge is 2.16. The largest absolute Gasteiger partial charge is 0.311 e. The first-order valence-corrected chi connectivity index (χ1v) is 23.3. The number of nitrogens with zero attached hydrogens (tertiary/aromatic N) is 2. The molecule has 0 unspecified atom stereocenters. The summed E-state index contributed by atoms with van der Waals surface area (Å²) in [5, 5.41) is 2.51. The monoisotopic (exact) mass is 866 g/mol. The van der Waals surface area contributed by atoms with Crippen molar-refractivity contribution in [2.45, 2.75) is 0 Å². The van der Waals surface area contributed by atoms with Crippen LogP contribution >= 0.6 is 0 Å². The molecule has 320 valence electrons. The second-order valence-corrected chi connectivity index (χ2v) is 17.4. The van der Waals surface area contributed by atoms with Crippen molar-refractivity contribution in [3.63, 3.8) is 0 Å². The lowest BCUT2D eigenvalue weighted by atomic mass is 9.98. The quantitative estimate of drug-likeness (QED) is 0.133. The zero-order chi connectivity index (χ0) is 45.2. The van der Waals surface area contributed by atoms with E-state index in [0.29, 0.717) is 0 Å². The van der Waals surface area contributed by atoms with E-state index >= 15 is 0 Å². The molecular formula is C66H46N2. The SMILES string of the molecule is c1ccc(-c2cccc(-c3ccc(N(c4ccc(-c5ccc(-c6ccc7c(c6)c6ccccc6n7-c6ccccc6)cc5)cc4)c4ccc(-c5cccc(-c6ccccc6)c5)cc4)cc3)c2)cc1. The Labute approximate surface area is 397 Å². The van der Waals surface area contributed by atoms with Crippen LogP contribution in [0.2, 0.25) is 0 Å². The maximum atomic E-state index is 2.37. The number of anilines is 3. The summed E-state index contributed by atoms with van der Waals surface area (Å²) >= 11 is 0. The van der Waals surface area contributed by atoms with Gasteiger partial charge in [-0.15, -0.1) is 0 Å². The first-order valence-electron chi connectivity index (χ1n) is 23.3. The van der Waals surface area contributed by atoms with Gasteiger partial charge in [0.15, 0.2) is 0 Å². The number of hydrogen-bond donors (Lipinski definition) is 0. The van der Waals surface area contributed by atoms with Crippen LogP contribution in [0.3, 0.4) is 0 Å². The third kappa shape index (κ3) is 7.85. The molecule has 0 fully saturated rings. The number of fused-ring (bicyclic) bond motifs is 3. The number of benzene rings is 11. The molecule has 68 heavy (non-hydrogen) atoms. The van der Waals surface area contributed by atoms with Gasteiger partial charge in [-0.1, -0.05) is 200 Å². The van der Waals surface area contributed by atoms with Gasteiger partial charge in [0, 0.05) is 33.5 Å². The normalized spacial score (nSPS) is 11.2.